The number of carbonyl (C=O) groups is 1. The molecule has 1 aliphatic rings. The van der Waals surface area contributed by atoms with Crippen molar-refractivity contribution >= 4 is 23.4 Å². The summed E-state index contributed by atoms with van der Waals surface area (Å²) in [5.74, 6) is 1.51. The second-order valence-electron chi connectivity index (χ2n) is 5.55. The number of aryl methyl sites for hydroxylation is 2. The number of ether oxygens (including phenoxy) is 1. The van der Waals surface area contributed by atoms with Crippen LogP contribution in [0.3, 0.4) is 0 Å². The van der Waals surface area contributed by atoms with E-state index in [0.717, 1.165) is 17.0 Å². The van der Waals surface area contributed by atoms with Gasteiger partial charge in [-0.05, 0) is 54.8 Å². The molecule has 114 valence electrons. The highest BCUT2D eigenvalue weighted by Gasteiger charge is 2.34. The number of rotatable bonds is 3. The van der Waals surface area contributed by atoms with Gasteiger partial charge < -0.3 is 4.74 Å². The molecule has 0 aromatic heterocycles. The second-order valence-corrected chi connectivity index (χ2v) is 6.61. The van der Waals surface area contributed by atoms with Crippen LogP contribution in [0, 0.1) is 13.8 Å². The number of thioether (sulfide) groups is 1. The van der Waals surface area contributed by atoms with Gasteiger partial charge >= 0.3 is 0 Å². The van der Waals surface area contributed by atoms with Gasteiger partial charge in [-0.25, -0.2) is 0 Å². The number of amides is 1. The van der Waals surface area contributed by atoms with Crippen LogP contribution >= 0.6 is 11.8 Å². The molecule has 22 heavy (non-hydrogen) atoms. The summed E-state index contributed by atoms with van der Waals surface area (Å²) in [5, 5.41) is 0.0274. The zero-order valence-corrected chi connectivity index (χ0v) is 13.8. The smallest absolute Gasteiger partial charge is 0.238 e. The van der Waals surface area contributed by atoms with E-state index >= 15 is 0 Å². The van der Waals surface area contributed by atoms with Crippen LogP contribution in [0.15, 0.2) is 42.5 Å². The van der Waals surface area contributed by atoms with Crippen LogP contribution in [-0.2, 0) is 4.79 Å². The summed E-state index contributed by atoms with van der Waals surface area (Å²) in [6.45, 7) is 4.12. The molecule has 0 saturated carbocycles. The van der Waals surface area contributed by atoms with Gasteiger partial charge in [-0.1, -0.05) is 18.2 Å². The quantitative estimate of drug-likeness (QED) is 0.855. The zero-order chi connectivity index (χ0) is 15.7. The van der Waals surface area contributed by atoms with Crippen molar-refractivity contribution in [2.75, 3.05) is 17.8 Å². The Morgan fingerprint density at radius 3 is 2.32 bits per heavy atom. The fraction of sp³-hybridized carbons (Fsp3) is 0.278. The molecule has 0 radical (unpaired) electrons. The van der Waals surface area contributed by atoms with E-state index in [1.807, 2.05) is 29.2 Å². The molecule has 1 aliphatic heterocycles. The molecular formula is C18H19NO2S. The van der Waals surface area contributed by atoms with Gasteiger partial charge in [-0.3, -0.25) is 9.69 Å². The lowest BCUT2D eigenvalue weighted by atomic mass is 10.1. The minimum absolute atomic E-state index is 0.0274. The van der Waals surface area contributed by atoms with Crippen LogP contribution in [0.25, 0.3) is 0 Å². The number of benzene rings is 2. The van der Waals surface area contributed by atoms with Crippen LogP contribution in [0.1, 0.15) is 22.1 Å². The van der Waals surface area contributed by atoms with Crippen LogP contribution < -0.4 is 9.64 Å². The average Bonchev–Trinajstić information content (AvgIpc) is 2.88. The summed E-state index contributed by atoms with van der Waals surface area (Å²) < 4.78 is 5.21. The van der Waals surface area contributed by atoms with Crippen molar-refractivity contribution in [2.24, 2.45) is 0 Å². The normalized spacial score (nSPS) is 17.9. The van der Waals surface area contributed by atoms with Crippen LogP contribution in [0.4, 0.5) is 5.69 Å². The largest absolute Gasteiger partial charge is 0.497 e. The molecule has 4 heteroatoms. The number of methoxy groups -OCH3 is 1. The molecule has 1 amide bonds. The fourth-order valence-corrected chi connectivity index (χ4v) is 3.99. The van der Waals surface area contributed by atoms with Gasteiger partial charge in [0.1, 0.15) is 11.1 Å². The standard InChI is InChI=1S/C18H19NO2S/c1-12-8-13(2)10-15(9-12)19-17(20)11-22-18(19)14-4-6-16(21-3)7-5-14/h4-10,18H,11H2,1-3H3. The molecule has 0 spiro atoms. The van der Waals surface area contributed by atoms with E-state index in [1.165, 1.54) is 11.1 Å². The van der Waals surface area contributed by atoms with Crippen molar-refractivity contribution in [3.63, 3.8) is 0 Å². The molecule has 3 nitrogen and oxygen atoms in total. The summed E-state index contributed by atoms with van der Waals surface area (Å²) in [6, 6.07) is 14.2. The minimum Gasteiger partial charge on any atom is -0.497 e. The van der Waals surface area contributed by atoms with E-state index in [1.54, 1.807) is 18.9 Å². The van der Waals surface area contributed by atoms with Gasteiger partial charge in [-0.15, -0.1) is 11.8 Å². The van der Waals surface area contributed by atoms with Crippen molar-refractivity contribution in [1.29, 1.82) is 0 Å². The highest BCUT2D eigenvalue weighted by molar-refractivity contribution is 8.00. The molecule has 0 bridgehead atoms. The van der Waals surface area contributed by atoms with Gasteiger partial charge in [0, 0.05) is 5.69 Å². The van der Waals surface area contributed by atoms with E-state index in [0.29, 0.717) is 5.75 Å². The van der Waals surface area contributed by atoms with Crippen molar-refractivity contribution in [1.82, 2.24) is 0 Å². The van der Waals surface area contributed by atoms with Crippen LogP contribution in [0.2, 0.25) is 0 Å². The summed E-state index contributed by atoms with van der Waals surface area (Å²) in [7, 11) is 1.66. The Balaban J connectivity index is 1.97. The number of hydrogen-bond acceptors (Lipinski definition) is 3. The topological polar surface area (TPSA) is 29.5 Å². The van der Waals surface area contributed by atoms with Gasteiger partial charge in [0.2, 0.25) is 5.91 Å². The number of nitrogens with zero attached hydrogens (tertiary/aromatic N) is 1. The lowest BCUT2D eigenvalue weighted by Crippen LogP contribution is -2.27. The molecule has 2 aromatic carbocycles. The predicted molar refractivity (Wildman–Crippen MR) is 91.6 cm³/mol. The highest BCUT2D eigenvalue weighted by Crippen LogP contribution is 2.42. The zero-order valence-electron chi connectivity index (χ0n) is 13.0. The predicted octanol–water partition coefficient (Wildman–Crippen LogP) is 4.09. The van der Waals surface area contributed by atoms with E-state index in [-0.39, 0.29) is 11.3 Å². The van der Waals surface area contributed by atoms with Gasteiger partial charge in [0.25, 0.3) is 0 Å². The first-order valence-electron chi connectivity index (χ1n) is 7.24. The van der Waals surface area contributed by atoms with Gasteiger partial charge in [0.05, 0.1) is 12.9 Å². The van der Waals surface area contributed by atoms with Crippen molar-refractivity contribution in [2.45, 2.75) is 19.2 Å². The van der Waals surface area contributed by atoms with E-state index in [4.69, 9.17) is 4.74 Å². The molecule has 1 unspecified atom stereocenters. The molecule has 0 N–H and O–H groups in total. The molecule has 1 heterocycles. The Bertz CT molecular complexity index is 676. The Hall–Kier alpha value is -1.94. The molecular weight excluding hydrogens is 294 g/mol. The van der Waals surface area contributed by atoms with Crippen molar-refractivity contribution in [3.8, 4) is 5.75 Å². The first kappa shape index (κ1) is 15.0. The highest BCUT2D eigenvalue weighted by atomic mass is 32.2. The minimum atomic E-state index is 0.0274. The third kappa shape index (κ3) is 2.83. The maximum atomic E-state index is 12.4. The third-order valence-corrected chi connectivity index (χ3v) is 4.97. The monoisotopic (exact) mass is 313 g/mol. The first-order chi connectivity index (χ1) is 10.6. The fourth-order valence-electron chi connectivity index (χ4n) is 2.81. The SMILES string of the molecule is COc1ccc(C2SCC(=O)N2c2cc(C)cc(C)c2)cc1. The summed E-state index contributed by atoms with van der Waals surface area (Å²) in [5.41, 5.74) is 4.45. The lowest BCUT2D eigenvalue weighted by Gasteiger charge is -2.25. The maximum Gasteiger partial charge on any atom is 0.238 e. The molecule has 1 fully saturated rings. The Morgan fingerprint density at radius 2 is 1.73 bits per heavy atom. The second kappa shape index (κ2) is 6.05. The van der Waals surface area contributed by atoms with Crippen LogP contribution in [-0.4, -0.2) is 18.8 Å². The molecule has 2 aromatic rings. The van der Waals surface area contributed by atoms with E-state index in [9.17, 15) is 4.79 Å². The molecule has 1 atom stereocenters. The molecule has 1 saturated heterocycles. The van der Waals surface area contributed by atoms with Crippen molar-refractivity contribution < 1.29 is 9.53 Å². The number of hydrogen-bond donors (Lipinski definition) is 0. The average molecular weight is 313 g/mol. The Kier molecular flexibility index (Phi) is 4.12. The lowest BCUT2D eigenvalue weighted by molar-refractivity contribution is -0.115. The van der Waals surface area contributed by atoms with Crippen molar-refractivity contribution in [3.05, 3.63) is 59.2 Å². The Labute approximate surface area is 135 Å². The van der Waals surface area contributed by atoms with Gasteiger partial charge in [-0.2, -0.15) is 0 Å². The first-order valence-corrected chi connectivity index (χ1v) is 8.29. The van der Waals surface area contributed by atoms with Crippen LogP contribution in [0.5, 0.6) is 5.75 Å². The third-order valence-electron chi connectivity index (χ3n) is 3.75. The van der Waals surface area contributed by atoms with E-state index < -0.39 is 0 Å². The number of anilines is 1. The summed E-state index contributed by atoms with van der Waals surface area (Å²) in [6.07, 6.45) is 0. The molecule has 0 aliphatic carbocycles. The summed E-state index contributed by atoms with van der Waals surface area (Å²) in [4.78, 5) is 14.3. The Morgan fingerprint density at radius 1 is 1.09 bits per heavy atom. The maximum absolute atomic E-state index is 12.4. The number of carbonyl (C=O) groups excluding carboxylic acids is 1. The van der Waals surface area contributed by atoms with E-state index in [2.05, 4.69) is 32.0 Å². The van der Waals surface area contributed by atoms with Gasteiger partial charge in [0.15, 0.2) is 0 Å². The molecule has 3 rings (SSSR count). The summed E-state index contributed by atoms with van der Waals surface area (Å²) >= 11 is 1.67.